The molecule has 0 aromatic heterocycles. The summed E-state index contributed by atoms with van der Waals surface area (Å²) in [5.74, 6) is -3.84. The molecule has 1 aliphatic rings. The normalized spacial score (nSPS) is 22.0. The van der Waals surface area contributed by atoms with E-state index in [0.29, 0.717) is 12.8 Å². The Morgan fingerprint density at radius 3 is 1.89 bits per heavy atom. The number of ether oxygens (including phenoxy) is 2. The third-order valence-corrected chi connectivity index (χ3v) is 5.34. The van der Waals surface area contributed by atoms with E-state index < -0.39 is 40.5 Å². The predicted octanol–water partition coefficient (Wildman–Crippen LogP) is 3.48. The Labute approximate surface area is 166 Å². The molecule has 0 N–H and O–H groups in total. The fourth-order valence-electron chi connectivity index (χ4n) is 3.97. The maximum atomic E-state index is 13.2. The van der Waals surface area contributed by atoms with E-state index in [1.54, 1.807) is 13.8 Å². The van der Waals surface area contributed by atoms with Crippen LogP contribution in [0.15, 0.2) is 0 Å². The van der Waals surface area contributed by atoms with Gasteiger partial charge in [0, 0.05) is 11.3 Å². The van der Waals surface area contributed by atoms with Gasteiger partial charge in [-0.25, -0.2) is 0 Å². The SMILES string of the molecule is CCOC(=O)C(C(=O)OCC)C1(C[N+](=O)[O-])CCCCCCCCCCC1=O. The van der Waals surface area contributed by atoms with Gasteiger partial charge in [0.05, 0.1) is 13.2 Å². The summed E-state index contributed by atoms with van der Waals surface area (Å²) in [5, 5.41) is 11.5. The van der Waals surface area contributed by atoms with Gasteiger partial charge in [-0.15, -0.1) is 0 Å². The summed E-state index contributed by atoms with van der Waals surface area (Å²) in [6, 6.07) is 0. The number of hydrogen-bond acceptors (Lipinski definition) is 7. The van der Waals surface area contributed by atoms with Crippen molar-refractivity contribution >= 4 is 17.7 Å². The molecule has 1 aliphatic carbocycles. The number of carbonyl (C=O) groups is 3. The van der Waals surface area contributed by atoms with E-state index in [2.05, 4.69) is 0 Å². The zero-order valence-electron chi connectivity index (χ0n) is 17.1. The highest BCUT2D eigenvalue weighted by molar-refractivity contribution is 6.02. The van der Waals surface area contributed by atoms with E-state index >= 15 is 0 Å². The standard InChI is InChI=1S/C20H33NO7/c1-3-27-18(23)17(19(24)28-4-2)20(15-21(25)26)14-12-10-8-6-5-7-9-11-13-16(20)22/h17H,3-15H2,1-2H3. The smallest absolute Gasteiger partial charge is 0.321 e. The molecule has 1 atom stereocenters. The van der Waals surface area contributed by atoms with Crippen LogP contribution in [0.3, 0.4) is 0 Å². The van der Waals surface area contributed by atoms with Gasteiger partial charge in [-0.2, -0.15) is 0 Å². The van der Waals surface area contributed by atoms with Gasteiger partial charge in [-0.3, -0.25) is 24.5 Å². The molecule has 0 amide bonds. The van der Waals surface area contributed by atoms with Gasteiger partial charge in [0.15, 0.2) is 5.92 Å². The molecule has 1 saturated carbocycles. The molecule has 0 spiro atoms. The zero-order chi connectivity index (χ0) is 21.0. The lowest BCUT2D eigenvalue weighted by atomic mass is 9.67. The van der Waals surface area contributed by atoms with Crippen molar-refractivity contribution in [2.45, 2.75) is 78.1 Å². The fraction of sp³-hybridized carbons (Fsp3) is 0.850. The number of rotatable bonds is 7. The molecule has 0 heterocycles. The molecule has 1 unspecified atom stereocenters. The monoisotopic (exact) mass is 399 g/mol. The van der Waals surface area contributed by atoms with E-state index in [1.165, 1.54) is 0 Å². The number of nitrogens with zero attached hydrogens (tertiary/aromatic N) is 1. The molecule has 0 bridgehead atoms. The topological polar surface area (TPSA) is 113 Å². The van der Waals surface area contributed by atoms with Gasteiger partial charge < -0.3 is 9.47 Å². The van der Waals surface area contributed by atoms with Crippen molar-refractivity contribution in [3.05, 3.63) is 10.1 Å². The van der Waals surface area contributed by atoms with Crippen LogP contribution in [0.25, 0.3) is 0 Å². The first-order chi connectivity index (χ1) is 13.4. The maximum absolute atomic E-state index is 13.2. The van der Waals surface area contributed by atoms with Crippen molar-refractivity contribution in [2.24, 2.45) is 11.3 Å². The molecule has 28 heavy (non-hydrogen) atoms. The van der Waals surface area contributed by atoms with Crippen molar-refractivity contribution < 1.29 is 28.8 Å². The zero-order valence-corrected chi connectivity index (χ0v) is 17.1. The lowest BCUT2D eigenvalue weighted by Crippen LogP contribution is -2.52. The summed E-state index contributed by atoms with van der Waals surface area (Å²) in [6.07, 6.45) is 7.16. The minimum absolute atomic E-state index is 0.0114. The van der Waals surface area contributed by atoms with Crippen LogP contribution in [-0.2, 0) is 23.9 Å². The highest BCUT2D eigenvalue weighted by Gasteiger charge is 2.56. The first kappa shape index (κ1) is 24.0. The molecule has 0 aromatic rings. The Morgan fingerprint density at radius 2 is 1.43 bits per heavy atom. The van der Waals surface area contributed by atoms with Crippen LogP contribution < -0.4 is 0 Å². The number of ketones is 1. The Kier molecular flexibility index (Phi) is 10.7. The number of Topliss-reactive ketones (excluding diaryl/α,β-unsaturated/α-hetero) is 1. The fourth-order valence-corrected chi connectivity index (χ4v) is 3.97. The molecule has 0 aliphatic heterocycles. The average Bonchev–Trinajstić information content (AvgIpc) is 2.61. The minimum atomic E-state index is -1.72. The van der Waals surface area contributed by atoms with Crippen LogP contribution in [0.1, 0.15) is 78.1 Å². The van der Waals surface area contributed by atoms with Crippen LogP contribution in [-0.4, -0.2) is 42.4 Å². The van der Waals surface area contributed by atoms with Crippen molar-refractivity contribution in [1.82, 2.24) is 0 Å². The molecule has 0 aromatic carbocycles. The van der Waals surface area contributed by atoms with Gasteiger partial charge >= 0.3 is 11.9 Å². The summed E-state index contributed by atoms with van der Waals surface area (Å²) in [6.45, 7) is 2.43. The van der Waals surface area contributed by atoms with Crippen molar-refractivity contribution in [3.63, 3.8) is 0 Å². The third kappa shape index (κ3) is 6.87. The van der Waals surface area contributed by atoms with Crippen molar-refractivity contribution in [1.29, 1.82) is 0 Å². The van der Waals surface area contributed by atoms with Crippen molar-refractivity contribution in [3.8, 4) is 0 Å². The molecular weight excluding hydrogens is 366 g/mol. The Balaban J connectivity index is 3.37. The van der Waals surface area contributed by atoms with E-state index in [-0.39, 0.29) is 26.1 Å². The highest BCUT2D eigenvalue weighted by atomic mass is 16.6. The Morgan fingerprint density at radius 1 is 0.964 bits per heavy atom. The van der Waals surface area contributed by atoms with Crippen LogP contribution in [0, 0.1) is 21.4 Å². The number of esters is 2. The minimum Gasteiger partial charge on any atom is -0.465 e. The quantitative estimate of drug-likeness (QED) is 0.279. The second-order valence-corrected chi connectivity index (χ2v) is 7.34. The van der Waals surface area contributed by atoms with Gasteiger partial charge in [-0.05, 0) is 26.7 Å². The van der Waals surface area contributed by atoms with Crippen LogP contribution in [0.2, 0.25) is 0 Å². The van der Waals surface area contributed by atoms with Crippen LogP contribution in [0.4, 0.5) is 0 Å². The first-order valence-electron chi connectivity index (χ1n) is 10.4. The van der Waals surface area contributed by atoms with Crippen LogP contribution >= 0.6 is 0 Å². The molecular formula is C20H33NO7. The maximum Gasteiger partial charge on any atom is 0.321 e. The lowest BCUT2D eigenvalue weighted by molar-refractivity contribution is -0.495. The molecule has 8 heteroatoms. The Bertz CT molecular complexity index is 531. The van der Waals surface area contributed by atoms with Gasteiger partial charge in [0.2, 0.25) is 6.54 Å². The summed E-state index contributed by atoms with van der Waals surface area (Å²) < 4.78 is 10.1. The molecule has 1 fully saturated rings. The van der Waals surface area contributed by atoms with Crippen molar-refractivity contribution in [2.75, 3.05) is 19.8 Å². The third-order valence-electron chi connectivity index (χ3n) is 5.34. The number of hydrogen-bond donors (Lipinski definition) is 0. The first-order valence-corrected chi connectivity index (χ1v) is 10.4. The highest BCUT2D eigenvalue weighted by Crippen LogP contribution is 2.39. The lowest BCUT2D eigenvalue weighted by Gasteiger charge is -2.34. The summed E-state index contributed by atoms with van der Waals surface area (Å²) >= 11 is 0. The van der Waals surface area contributed by atoms with Crippen LogP contribution in [0.5, 0.6) is 0 Å². The molecule has 0 saturated heterocycles. The number of nitro groups is 1. The van der Waals surface area contributed by atoms with E-state index in [1.807, 2.05) is 0 Å². The summed E-state index contributed by atoms with van der Waals surface area (Å²) in [5.41, 5.74) is -1.72. The van der Waals surface area contributed by atoms with E-state index in [4.69, 9.17) is 9.47 Å². The largest absolute Gasteiger partial charge is 0.465 e. The van der Waals surface area contributed by atoms with Gasteiger partial charge in [-0.1, -0.05) is 44.9 Å². The summed E-state index contributed by atoms with van der Waals surface area (Å²) in [7, 11) is 0. The van der Waals surface area contributed by atoms with E-state index in [0.717, 1.165) is 38.5 Å². The second-order valence-electron chi connectivity index (χ2n) is 7.34. The second kappa shape index (κ2) is 12.5. The Hall–Kier alpha value is -1.99. The van der Waals surface area contributed by atoms with Gasteiger partial charge in [0.1, 0.15) is 11.2 Å². The summed E-state index contributed by atoms with van der Waals surface area (Å²) in [4.78, 5) is 49.5. The van der Waals surface area contributed by atoms with Gasteiger partial charge in [0.25, 0.3) is 0 Å². The average molecular weight is 399 g/mol. The predicted molar refractivity (Wildman–Crippen MR) is 102 cm³/mol. The molecule has 8 nitrogen and oxygen atoms in total. The number of carbonyl (C=O) groups excluding carboxylic acids is 3. The molecule has 160 valence electrons. The molecule has 1 rings (SSSR count). The molecule has 0 radical (unpaired) electrons. The van der Waals surface area contributed by atoms with E-state index in [9.17, 15) is 24.5 Å².